The molecule has 3 N–H and O–H groups in total. The fraction of sp³-hybridized carbons (Fsp3) is 0.263. The Hall–Kier alpha value is -2.15. The lowest BCUT2D eigenvalue weighted by atomic mass is 9.92. The van der Waals surface area contributed by atoms with Gasteiger partial charge >= 0.3 is 0 Å². The number of hydrogen-bond acceptors (Lipinski definition) is 3. The molecule has 27 heavy (non-hydrogen) atoms. The second-order valence-corrected chi connectivity index (χ2v) is 6.29. The Labute approximate surface area is 170 Å². The third kappa shape index (κ3) is 4.77. The Bertz CT molecular complexity index is 913. The van der Waals surface area contributed by atoms with E-state index in [9.17, 15) is 9.18 Å². The Morgan fingerprint density at radius 2 is 1.89 bits per heavy atom. The molecule has 3 aromatic rings. The van der Waals surface area contributed by atoms with Gasteiger partial charge in [-0.1, -0.05) is 30.3 Å². The summed E-state index contributed by atoms with van der Waals surface area (Å²) in [5.74, 6) is 0.218. The van der Waals surface area contributed by atoms with Crippen LogP contribution in [0.3, 0.4) is 0 Å². The van der Waals surface area contributed by atoms with Crippen LogP contribution in [0.15, 0.2) is 48.5 Å². The van der Waals surface area contributed by atoms with Crippen LogP contribution in [0.1, 0.15) is 18.3 Å². The number of hydrogen-bond donors (Lipinski definition) is 2. The average Bonchev–Trinajstić information content (AvgIpc) is 2.90. The topological polar surface area (TPSA) is 72.9 Å². The van der Waals surface area contributed by atoms with E-state index in [0.29, 0.717) is 18.5 Å². The Kier molecular flexibility index (Phi) is 7.77. The number of benzene rings is 2. The maximum absolute atomic E-state index is 13.3. The highest BCUT2D eigenvalue weighted by atomic mass is 35.5. The SMILES string of the molecule is Cl.Cl.Cn1c(CCNC(=O)C(C)(N)c2ccccc2)nc2cc(F)ccc21. The molecule has 1 aromatic heterocycles. The van der Waals surface area contributed by atoms with E-state index in [2.05, 4.69) is 10.3 Å². The molecule has 0 radical (unpaired) electrons. The number of nitrogens with zero attached hydrogens (tertiary/aromatic N) is 2. The predicted molar refractivity (Wildman–Crippen MR) is 110 cm³/mol. The Morgan fingerprint density at radius 3 is 2.56 bits per heavy atom. The fourth-order valence-corrected chi connectivity index (χ4v) is 2.83. The molecule has 0 bridgehead atoms. The predicted octanol–water partition coefficient (Wildman–Crippen LogP) is 3.09. The minimum Gasteiger partial charge on any atom is -0.354 e. The van der Waals surface area contributed by atoms with Gasteiger partial charge in [-0.05, 0) is 24.6 Å². The van der Waals surface area contributed by atoms with Crippen molar-refractivity contribution in [3.05, 3.63) is 65.7 Å². The number of carbonyl (C=O) groups excluding carboxylic acids is 1. The first-order chi connectivity index (χ1) is 11.9. The second-order valence-electron chi connectivity index (χ2n) is 6.29. The minimum absolute atomic E-state index is 0. The van der Waals surface area contributed by atoms with Crippen molar-refractivity contribution in [3.63, 3.8) is 0 Å². The van der Waals surface area contributed by atoms with Gasteiger partial charge in [-0.15, -0.1) is 24.8 Å². The molecular weight excluding hydrogens is 390 g/mol. The van der Waals surface area contributed by atoms with Gasteiger partial charge in [0.15, 0.2) is 0 Å². The first-order valence-electron chi connectivity index (χ1n) is 8.13. The van der Waals surface area contributed by atoms with Crippen molar-refractivity contribution in [3.8, 4) is 0 Å². The Morgan fingerprint density at radius 1 is 1.22 bits per heavy atom. The molecule has 1 atom stereocenters. The number of carbonyl (C=O) groups is 1. The maximum Gasteiger partial charge on any atom is 0.244 e. The highest BCUT2D eigenvalue weighted by molar-refractivity contribution is 5.87. The van der Waals surface area contributed by atoms with E-state index in [1.54, 1.807) is 13.0 Å². The summed E-state index contributed by atoms with van der Waals surface area (Å²) in [5.41, 5.74) is 7.31. The summed E-state index contributed by atoms with van der Waals surface area (Å²) < 4.78 is 15.2. The van der Waals surface area contributed by atoms with E-state index in [-0.39, 0.29) is 36.5 Å². The molecule has 0 fully saturated rings. The van der Waals surface area contributed by atoms with Gasteiger partial charge in [-0.3, -0.25) is 4.79 Å². The number of rotatable bonds is 5. The molecule has 2 aromatic carbocycles. The summed E-state index contributed by atoms with van der Waals surface area (Å²) in [4.78, 5) is 16.9. The highest BCUT2D eigenvalue weighted by Crippen LogP contribution is 2.18. The van der Waals surface area contributed by atoms with Gasteiger partial charge in [-0.2, -0.15) is 0 Å². The van der Waals surface area contributed by atoms with Crippen molar-refractivity contribution in [1.82, 2.24) is 14.9 Å². The van der Waals surface area contributed by atoms with Gasteiger partial charge in [0.25, 0.3) is 0 Å². The molecule has 146 valence electrons. The second kappa shape index (κ2) is 9.17. The normalized spacial score (nSPS) is 12.6. The van der Waals surface area contributed by atoms with Crippen LogP contribution in [0.5, 0.6) is 0 Å². The van der Waals surface area contributed by atoms with Crippen LogP contribution in [0.4, 0.5) is 4.39 Å². The molecule has 0 aliphatic carbocycles. The van der Waals surface area contributed by atoms with Crippen LogP contribution in [-0.4, -0.2) is 22.0 Å². The van der Waals surface area contributed by atoms with E-state index >= 15 is 0 Å². The van der Waals surface area contributed by atoms with Crippen LogP contribution in [0, 0.1) is 5.82 Å². The number of fused-ring (bicyclic) bond motifs is 1. The summed E-state index contributed by atoms with van der Waals surface area (Å²) in [5, 5.41) is 2.86. The first-order valence-corrected chi connectivity index (χ1v) is 8.13. The zero-order chi connectivity index (χ0) is 18.0. The molecule has 1 amide bonds. The van der Waals surface area contributed by atoms with Crippen molar-refractivity contribution in [2.24, 2.45) is 12.8 Å². The number of aryl methyl sites for hydroxylation is 1. The van der Waals surface area contributed by atoms with Gasteiger partial charge in [-0.25, -0.2) is 9.37 Å². The van der Waals surface area contributed by atoms with Crippen LogP contribution < -0.4 is 11.1 Å². The third-order valence-corrected chi connectivity index (χ3v) is 4.41. The standard InChI is InChI=1S/C19H21FN4O.2ClH/c1-19(21,13-6-4-3-5-7-13)18(25)22-11-10-17-23-15-12-14(20)8-9-16(15)24(17)2;;/h3-9,12H,10-11,21H2,1-2H3,(H,22,25);2*1H. The van der Waals surface area contributed by atoms with E-state index in [1.807, 2.05) is 41.9 Å². The maximum atomic E-state index is 13.3. The quantitative estimate of drug-likeness (QED) is 0.675. The molecule has 5 nitrogen and oxygen atoms in total. The zero-order valence-corrected chi connectivity index (χ0v) is 16.7. The molecule has 3 rings (SSSR count). The third-order valence-electron chi connectivity index (χ3n) is 4.41. The smallest absolute Gasteiger partial charge is 0.244 e. The van der Waals surface area contributed by atoms with Gasteiger partial charge in [0, 0.05) is 26.1 Å². The molecule has 1 unspecified atom stereocenters. The number of nitrogens with one attached hydrogen (secondary N) is 1. The Balaban J connectivity index is 0.00000182. The lowest BCUT2D eigenvalue weighted by Crippen LogP contribution is -2.49. The zero-order valence-electron chi connectivity index (χ0n) is 15.1. The average molecular weight is 413 g/mol. The molecule has 0 spiro atoms. The summed E-state index contributed by atoms with van der Waals surface area (Å²) in [6.07, 6.45) is 0.531. The molecule has 8 heteroatoms. The number of aromatic nitrogens is 2. The van der Waals surface area contributed by atoms with E-state index < -0.39 is 5.54 Å². The number of imidazole rings is 1. The molecular formula is C19H23Cl2FN4O. The van der Waals surface area contributed by atoms with Gasteiger partial charge in [0.2, 0.25) is 5.91 Å². The van der Waals surface area contributed by atoms with E-state index in [4.69, 9.17) is 5.73 Å². The highest BCUT2D eigenvalue weighted by Gasteiger charge is 2.29. The lowest BCUT2D eigenvalue weighted by Gasteiger charge is -2.24. The van der Waals surface area contributed by atoms with Gasteiger partial charge < -0.3 is 15.6 Å². The summed E-state index contributed by atoms with van der Waals surface area (Å²) >= 11 is 0. The van der Waals surface area contributed by atoms with E-state index in [1.165, 1.54) is 12.1 Å². The largest absolute Gasteiger partial charge is 0.354 e. The monoisotopic (exact) mass is 412 g/mol. The molecule has 0 aliphatic rings. The number of amides is 1. The van der Waals surface area contributed by atoms with E-state index in [0.717, 1.165) is 16.9 Å². The summed E-state index contributed by atoms with van der Waals surface area (Å²) in [6.45, 7) is 2.09. The summed E-state index contributed by atoms with van der Waals surface area (Å²) in [7, 11) is 1.88. The van der Waals surface area contributed by atoms with Crippen molar-refractivity contribution in [2.75, 3.05) is 6.54 Å². The number of nitrogens with two attached hydrogens (primary N) is 1. The van der Waals surface area contributed by atoms with Crippen LogP contribution >= 0.6 is 24.8 Å². The van der Waals surface area contributed by atoms with Gasteiger partial charge in [0.1, 0.15) is 17.2 Å². The van der Waals surface area contributed by atoms with Crippen LogP contribution in [0.2, 0.25) is 0 Å². The van der Waals surface area contributed by atoms with Crippen LogP contribution in [0.25, 0.3) is 11.0 Å². The van der Waals surface area contributed by atoms with Crippen molar-refractivity contribution < 1.29 is 9.18 Å². The molecule has 0 saturated carbocycles. The molecule has 1 heterocycles. The minimum atomic E-state index is -1.10. The van der Waals surface area contributed by atoms with Crippen molar-refractivity contribution in [1.29, 1.82) is 0 Å². The molecule has 0 aliphatic heterocycles. The number of halogens is 3. The van der Waals surface area contributed by atoms with Gasteiger partial charge in [0.05, 0.1) is 11.0 Å². The first kappa shape index (κ1) is 22.9. The van der Waals surface area contributed by atoms with Crippen molar-refractivity contribution >= 4 is 41.8 Å². The lowest BCUT2D eigenvalue weighted by molar-refractivity contribution is -0.126. The van der Waals surface area contributed by atoms with Crippen molar-refractivity contribution in [2.45, 2.75) is 18.9 Å². The summed E-state index contributed by atoms with van der Waals surface area (Å²) in [6, 6.07) is 13.8. The fourth-order valence-electron chi connectivity index (χ4n) is 2.83. The molecule has 0 saturated heterocycles. The van der Waals surface area contributed by atoms with Crippen LogP contribution in [-0.2, 0) is 23.8 Å².